The van der Waals surface area contributed by atoms with Gasteiger partial charge in [0, 0.05) is 19.1 Å². The molecule has 0 heterocycles. The second-order valence-electron chi connectivity index (χ2n) is 4.61. The van der Waals surface area contributed by atoms with Crippen LogP contribution in [0, 0.1) is 0 Å². The molecule has 1 unspecified atom stereocenters. The molecule has 0 aromatic rings. The number of alkyl halides is 6. The van der Waals surface area contributed by atoms with Crippen molar-refractivity contribution >= 4 is 0 Å². The fraction of sp³-hybridized carbons (Fsp3) is 1.00. The monoisotopic (exact) mass is 309 g/mol. The highest BCUT2D eigenvalue weighted by molar-refractivity contribution is 4.68. The van der Waals surface area contributed by atoms with Crippen LogP contribution in [0.1, 0.15) is 39.0 Å². The van der Waals surface area contributed by atoms with Crippen LogP contribution in [0.5, 0.6) is 0 Å². The molecule has 0 spiro atoms. The van der Waals surface area contributed by atoms with Crippen molar-refractivity contribution in [2.75, 3.05) is 19.8 Å². The molecule has 8 heteroatoms. The highest BCUT2D eigenvalue weighted by Crippen LogP contribution is 2.23. The van der Waals surface area contributed by atoms with Gasteiger partial charge in [-0.2, -0.15) is 26.3 Å². The van der Waals surface area contributed by atoms with E-state index >= 15 is 0 Å². The maximum atomic E-state index is 12.0. The number of halogens is 6. The third-order valence-electron chi connectivity index (χ3n) is 2.57. The maximum Gasteiger partial charge on any atom is 0.411 e. The molecule has 1 atom stereocenters. The third-order valence-corrected chi connectivity index (χ3v) is 2.57. The molecule has 0 saturated heterocycles. The van der Waals surface area contributed by atoms with Crippen LogP contribution in [-0.2, 0) is 4.74 Å². The fourth-order valence-corrected chi connectivity index (χ4v) is 1.66. The van der Waals surface area contributed by atoms with Gasteiger partial charge in [0.15, 0.2) is 0 Å². The molecule has 0 aromatic carbocycles. The summed E-state index contributed by atoms with van der Waals surface area (Å²) < 4.78 is 76.1. The first-order chi connectivity index (χ1) is 9.14. The first-order valence-corrected chi connectivity index (χ1v) is 6.58. The molecule has 20 heavy (non-hydrogen) atoms. The SMILES string of the molecule is CCCNC(CCCC(F)(F)F)CCOCC(F)(F)F. The van der Waals surface area contributed by atoms with Gasteiger partial charge in [-0.1, -0.05) is 6.92 Å². The average Bonchev–Trinajstić information content (AvgIpc) is 2.27. The van der Waals surface area contributed by atoms with E-state index < -0.39 is 25.4 Å². The van der Waals surface area contributed by atoms with E-state index in [4.69, 9.17) is 0 Å². The van der Waals surface area contributed by atoms with Crippen LogP contribution in [0.3, 0.4) is 0 Å². The second kappa shape index (κ2) is 9.44. The van der Waals surface area contributed by atoms with E-state index in [0.29, 0.717) is 6.54 Å². The minimum Gasteiger partial charge on any atom is -0.372 e. The molecule has 0 fully saturated rings. The molecule has 0 rings (SSSR count). The molecule has 0 radical (unpaired) electrons. The van der Waals surface area contributed by atoms with E-state index in [9.17, 15) is 26.3 Å². The van der Waals surface area contributed by atoms with Crippen LogP contribution in [0.15, 0.2) is 0 Å². The fourth-order valence-electron chi connectivity index (χ4n) is 1.66. The predicted octanol–water partition coefficient (Wildman–Crippen LogP) is 4.06. The molecule has 122 valence electrons. The molecule has 0 aliphatic heterocycles. The Morgan fingerprint density at radius 1 is 1.00 bits per heavy atom. The van der Waals surface area contributed by atoms with E-state index in [2.05, 4.69) is 10.1 Å². The highest BCUT2D eigenvalue weighted by atomic mass is 19.4. The molecule has 2 nitrogen and oxygen atoms in total. The molecule has 0 saturated carbocycles. The molecule has 0 aliphatic carbocycles. The van der Waals surface area contributed by atoms with Crippen molar-refractivity contribution in [3.05, 3.63) is 0 Å². The Morgan fingerprint density at radius 3 is 2.15 bits per heavy atom. The van der Waals surface area contributed by atoms with Crippen LogP contribution in [-0.4, -0.2) is 38.2 Å². The number of ether oxygens (including phenoxy) is 1. The van der Waals surface area contributed by atoms with Crippen molar-refractivity contribution in [2.45, 2.75) is 57.4 Å². The van der Waals surface area contributed by atoms with Crippen LogP contribution < -0.4 is 5.32 Å². The summed E-state index contributed by atoms with van der Waals surface area (Å²) in [6, 6.07) is -0.245. The highest BCUT2D eigenvalue weighted by Gasteiger charge is 2.28. The largest absolute Gasteiger partial charge is 0.411 e. The normalized spacial score (nSPS) is 14.6. The van der Waals surface area contributed by atoms with Crippen LogP contribution in [0.4, 0.5) is 26.3 Å². The van der Waals surface area contributed by atoms with Gasteiger partial charge < -0.3 is 10.1 Å². The van der Waals surface area contributed by atoms with Crippen molar-refractivity contribution in [3.8, 4) is 0 Å². The molecular formula is C12H21F6NO. The van der Waals surface area contributed by atoms with Crippen molar-refractivity contribution in [3.63, 3.8) is 0 Å². The number of rotatable bonds is 10. The zero-order valence-corrected chi connectivity index (χ0v) is 11.4. The van der Waals surface area contributed by atoms with Crippen LogP contribution in [0.2, 0.25) is 0 Å². The summed E-state index contributed by atoms with van der Waals surface area (Å²) in [7, 11) is 0. The Bertz CT molecular complexity index is 241. The molecule has 0 amide bonds. The lowest BCUT2D eigenvalue weighted by molar-refractivity contribution is -0.174. The first-order valence-electron chi connectivity index (χ1n) is 6.58. The molecule has 0 aliphatic rings. The van der Waals surface area contributed by atoms with Gasteiger partial charge >= 0.3 is 12.4 Å². The van der Waals surface area contributed by atoms with Crippen LogP contribution in [0.25, 0.3) is 0 Å². The van der Waals surface area contributed by atoms with E-state index in [1.807, 2.05) is 6.92 Å². The molecular weight excluding hydrogens is 288 g/mol. The van der Waals surface area contributed by atoms with Crippen molar-refractivity contribution < 1.29 is 31.1 Å². The predicted molar refractivity (Wildman–Crippen MR) is 63.5 cm³/mol. The van der Waals surface area contributed by atoms with Crippen molar-refractivity contribution in [1.29, 1.82) is 0 Å². The topological polar surface area (TPSA) is 21.3 Å². The zero-order valence-electron chi connectivity index (χ0n) is 11.4. The summed E-state index contributed by atoms with van der Waals surface area (Å²) >= 11 is 0. The summed E-state index contributed by atoms with van der Waals surface area (Å²) in [5.74, 6) is 0. The van der Waals surface area contributed by atoms with Gasteiger partial charge in [0.2, 0.25) is 0 Å². The van der Waals surface area contributed by atoms with Gasteiger partial charge in [-0.15, -0.1) is 0 Å². The summed E-state index contributed by atoms with van der Waals surface area (Å²) in [5.41, 5.74) is 0. The smallest absolute Gasteiger partial charge is 0.372 e. The lowest BCUT2D eigenvalue weighted by atomic mass is 10.1. The van der Waals surface area contributed by atoms with E-state index in [-0.39, 0.29) is 31.9 Å². The lowest BCUT2D eigenvalue weighted by Gasteiger charge is -2.19. The minimum atomic E-state index is -4.37. The Labute approximate surface area is 114 Å². The minimum absolute atomic E-state index is 0.0375. The third kappa shape index (κ3) is 13.9. The van der Waals surface area contributed by atoms with Crippen LogP contribution >= 0.6 is 0 Å². The first kappa shape index (κ1) is 19.5. The molecule has 0 aromatic heterocycles. The van der Waals surface area contributed by atoms with E-state index in [0.717, 1.165) is 6.42 Å². The Hall–Kier alpha value is -0.500. The van der Waals surface area contributed by atoms with Gasteiger partial charge in [-0.05, 0) is 32.2 Å². The summed E-state index contributed by atoms with van der Waals surface area (Å²) in [5, 5.41) is 3.02. The quantitative estimate of drug-likeness (QED) is 0.485. The molecule has 0 bridgehead atoms. The number of nitrogens with one attached hydrogen (secondary N) is 1. The Morgan fingerprint density at radius 2 is 1.65 bits per heavy atom. The summed E-state index contributed by atoms with van der Waals surface area (Å²) in [6.07, 6.45) is -8.13. The van der Waals surface area contributed by atoms with Crippen molar-refractivity contribution in [2.24, 2.45) is 0 Å². The van der Waals surface area contributed by atoms with Gasteiger partial charge in [0.25, 0.3) is 0 Å². The lowest BCUT2D eigenvalue weighted by Crippen LogP contribution is -2.32. The van der Waals surface area contributed by atoms with Gasteiger partial charge in [-0.25, -0.2) is 0 Å². The zero-order chi connectivity index (χ0) is 15.6. The molecule has 1 N–H and O–H groups in total. The average molecular weight is 309 g/mol. The number of hydrogen-bond donors (Lipinski definition) is 1. The number of hydrogen-bond acceptors (Lipinski definition) is 2. The van der Waals surface area contributed by atoms with E-state index in [1.54, 1.807) is 0 Å². The van der Waals surface area contributed by atoms with Gasteiger partial charge in [0.05, 0.1) is 0 Å². The standard InChI is InChI=1S/C12H21F6NO/c1-2-7-19-10(4-3-6-11(13,14)15)5-8-20-9-12(16,17)18/h10,19H,2-9H2,1H3. The summed E-state index contributed by atoms with van der Waals surface area (Å²) in [6.45, 7) is 1.08. The second-order valence-corrected chi connectivity index (χ2v) is 4.61. The van der Waals surface area contributed by atoms with Gasteiger partial charge in [-0.3, -0.25) is 0 Å². The Kier molecular flexibility index (Phi) is 9.20. The Balaban J connectivity index is 3.90. The maximum absolute atomic E-state index is 12.0. The van der Waals surface area contributed by atoms with E-state index in [1.165, 1.54) is 0 Å². The summed E-state index contributed by atoms with van der Waals surface area (Å²) in [4.78, 5) is 0. The van der Waals surface area contributed by atoms with Gasteiger partial charge in [0.1, 0.15) is 6.61 Å². The van der Waals surface area contributed by atoms with Crippen molar-refractivity contribution in [1.82, 2.24) is 5.32 Å².